The zero-order chi connectivity index (χ0) is 14.5. The zero-order valence-electron chi connectivity index (χ0n) is 11.6. The molecule has 1 aromatic heterocycles. The van der Waals surface area contributed by atoms with Gasteiger partial charge in [-0.3, -0.25) is 9.59 Å². The van der Waals surface area contributed by atoms with Gasteiger partial charge in [-0.2, -0.15) is 0 Å². The van der Waals surface area contributed by atoms with Crippen LogP contribution in [0.25, 0.3) is 10.9 Å². The molecule has 3 N–H and O–H groups in total. The number of fused-ring (bicyclic) bond motifs is 1. The third-order valence-corrected chi connectivity index (χ3v) is 3.32. The summed E-state index contributed by atoms with van der Waals surface area (Å²) in [6.07, 6.45) is 2.00. The van der Waals surface area contributed by atoms with Gasteiger partial charge in [0.15, 0.2) is 0 Å². The fraction of sp³-hybridized carbons (Fsp3) is 0.333. The molecule has 0 spiro atoms. The third kappa shape index (κ3) is 3.17. The second-order valence-corrected chi connectivity index (χ2v) is 4.82. The van der Waals surface area contributed by atoms with Gasteiger partial charge in [0, 0.05) is 37.2 Å². The lowest BCUT2D eigenvalue weighted by molar-refractivity contribution is -0.118. The number of benzene rings is 1. The van der Waals surface area contributed by atoms with E-state index in [0.717, 1.165) is 29.4 Å². The monoisotopic (exact) mass is 273 g/mol. The summed E-state index contributed by atoms with van der Waals surface area (Å²) >= 11 is 0. The Labute approximate surface area is 117 Å². The molecule has 20 heavy (non-hydrogen) atoms. The number of primary amides is 1. The van der Waals surface area contributed by atoms with Gasteiger partial charge in [0.1, 0.15) is 0 Å². The van der Waals surface area contributed by atoms with Crippen LogP contribution in [0.1, 0.15) is 19.3 Å². The Balaban J connectivity index is 2.12. The Bertz CT molecular complexity index is 676. The lowest BCUT2D eigenvalue weighted by Crippen LogP contribution is -2.17. The minimum atomic E-state index is -0.274. The Kier molecular flexibility index (Phi) is 4.40. The fourth-order valence-corrected chi connectivity index (χ4v) is 2.20. The number of hydrogen-bond donors (Lipinski definition) is 2. The number of pyridine rings is 1. The lowest BCUT2D eigenvalue weighted by Gasteiger charge is -2.11. The van der Waals surface area contributed by atoms with E-state index >= 15 is 0 Å². The molecule has 0 aliphatic heterocycles. The normalized spacial score (nSPS) is 10.7. The van der Waals surface area contributed by atoms with Gasteiger partial charge in [-0.05, 0) is 18.9 Å². The molecule has 1 aromatic carbocycles. The van der Waals surface area contributed by atoms with Crippen LogP contribution in [0.2, 0.25) is 0 Å². The van der Waals surface area contributed by atoms with Crippen LogP contribution in [-0.2, 0) is 11.8 Å². The van der Waals surface area contributed by atoms with E-state index in [1.165, 1.54) is 0 Å². The molecule has 0 aliphatic carbocycles. The van der Waals surface area contributed by atoms with Crippen molar-refractivity contribution in [2.75, 3.05) is 11.9 Å². The standard InChI is InChI=1S/C15H19N3O2/c1-18-13-7-3-2-6-11(13)12(10-15(18)20)17-9-5-4-8-14(16)19/h2-3,6-7,10,17H,4-5,8-9H2,1H3,(H2,16,19). The van der Waals surface area contributed by atoms with Crippen molar-refractivity contribution >= 4 is 22.5 Å². The van der Waals surface area contributed by atoms with E-state index in [0.29, 0.717) is 13.0 Å². The van der Waals surface area contributed by atoms with Gasteiger partial charge in [-0.1, -0.05) is 18.2 Å². The Morgan fingerprint density at radius 3 is 2.80 bits per heavy atom. The summed E-state index contributed by atoms with van der Waals surface area (Å²) in [7, 11) is 1.77. The van der Waals surface area contributed by atoms with Crippen LogP contribution in [0, 0.1) is 0 Å². The van der Waals surface area contributed by atoms with Crippen molar-refractivity contribution in [2.24, 2.45) is 12.8 Å². The highest BCUT2D eigenvalue weighted by Gasteiger charge is 2.05. The largest absolute Gasteiger partial charge is 0.384 e. The van der Waals surface area contributed by atoms with E-state index in [4.69, 9.17) is 5.73 Å². The summed E-state index contributed by atoms with van der Waals surface area (Å²) in [6.45, 7) is 0.713. The maximum Gasteiger partial charge on any atom is 0.252 e. The fourth-order valence-electron chi connectivity index (χ4n) is 2.20. The van der Waals surface area contributed by atoms with Crippen molar-refractivity contribution in [3.63, 3.8) is 0 Å². The lowest BCUT2D eigenvalue weighted by atomic mass is 10.1. The molecule has 2 aromatic rings. The van der Waals surface area contributed by atoms with Crippen LogP contribution >= 0.6 is 0 Å². The van der Waals surface area contributed by atoms with Crippen molar-refractivity contribution in [3.8, 4) is 0 Å². The molecule has 0 aliphatic rings. The van der Waals surface area contributed by atoms with E-state index in [1.54, 1.807) is 17.7 Å². The third-order valence-electron chi connectivity index (χ3n) is 3.32. The van der Waals surface area contributed by atoms with Crippen LogP contribution in [0.3, 0.4) is 0 Å². The van der Waals surface area contributed by atoms with Crippen molar-refractivity contribution in [1.29, 1.82) is 0 Å². The highest BCUT2D eigenvalue weighted by atomic mass is 16.1. The Morgan fingerprint density at radius 2 is 2.05 bits per heavy atom. The van der Waals surface area contributed by atoms with Crippen molar-refractivity contribution in [2.45, 2.75) is 19.3 Å². The topological polar surface area (TPSA) is 77.1 Å². The van der Waals surface area contributed by atoms with Crippen LogP contribution in [0.15, 0.2) is 35.1 Å². The number of unbranched alkanes of at least 4 members (excludes halogenated alkanes) is 1. The first-order chi connectivity index (χ1) is 9.59. The average Bonchev–Trinajstić information content (AvgIpc) is 2.43. The molecular formula is C15H19N3O2. The molecule has 5 heteroatoms. The number of aryl methyl sites for hydroxylation is 1. The number of hydrogen-bond acceptors (Lipinski definition) is 3. The van der Waals surface area contributed by atoms with Gasteiger partial charge in [0.2, 0.25) is 5.91 Å². The molecular weight excluding hydrogens is 254 g/mol. The zero-order valence-corrected chi connectivity index (χ0v) is 11.6. The van der Waals surface area contributed by atoms with E-state index in [1.807, 2.05) is 24.3 Å². The molecule has 5 nitrogen and oxygen atoms in total. The van der Waals surface area contributed by atoms with E-state index in [9.17, 15) is 9.59 Å². The first kappa shape index (κ1) is 14.1. The van der Waals surface area contributed by atoms with Crippen molar-refractivity contribution in [1.82, 2.24) is 4.57 Å². The highest BCUT2D eigenvalue weighted by molar-refractivity contribution is 5.91. The van der Waals surface area contributed by atoms with E-state index in [-0.39, 0.29) is 11.5 Å². The van der Waals surface area contributed by atoms with Gasteiger partial charge < -0.3 is 15.6 Å². The molecule has 0 fully saturated rings. The molecule has 2 rings (SSSR count). The number of nitrogens with zero attached hydrogens (tertiary/aromatic N) is 1. The number of nitrogens with two attached hydrogens (primary N) is 1. The summed E-state index contributed by atoms with van der Waals surface area (Å²) < 4.78 is 1.63. The maximum absolute atomic E-state index is 11.9. The molecule has 1 amide bonds. The summed E-state index contributed by atoms with van der Waals surface area (Å²) in [5, 5.41) is 4.28. The summed E-state index contributed by atoms with van der Waals surface area (Å²) in [5.41, 5.74) is 6.79. The molecule has 0 radical (unpaired) electrons. The second kappa shape index (κ2) is 6.23. The summed E-state index contributed by atoms with van der Waals surface area (Å²) in [6, 6.07) is 9.38. The molecule has 106 valence electrons. The van der Waals surface area contributed by atoms with Gasteiger partial charge in [-0.15, -0.1) is 0 Å². The first-order valence-electron chi connectivity index (χ1n) is 6.70. The number of anilines is 1. The van der Waals surface area contributed by atoms with Crippen LogP contribution < -0.4 is 16.6 Å². The minimum Gasteiger partial charge on any atom is -0.384 e. The number of carbonyl (C=O) groups is 1. The highest BCUT2D eigenvalue weighted by Crippen LogP contribution is 2.20. The SMILES string of the molecule is Cn1c(=O)cc(NCCCCC(N)=O)c2ccccc21. The van der Waals surface area contributed by atoms with Gasteiger partial charge >= 0.3 is 0 Å². The number of carbonyl (C=O) groups excluding carboxylic acids is 1. The van der Waals surface area contributed by atoms with E-state index in [2.05, 4.69) is 5.32 Å². The predicted molar refractivity (Wildman–Crippen MR) is 80.7 cm³/mol. The molecule has 0 unspecified atom stereocenters. The van der Waals surface area contributed by atoms with Crippen molar-refractivity contribution < 1.29 is 4.79 Å². The Morgan fingerprint density at radius 1 is 1.30 bits per heavy atom. The molecule has 1 heterocycles. The number of aromatic nitrogens is 1. The van der Waals surface area contributed by atoms with Gasteiger partial charge in [0.05, 0.1) is 5.52 Å². The second-order valence-electron chi connectivity index (χ2n) is 4.82. The smallest absolute Gasteiger partial charge is 0.252 e. The molecule has 0 saturated carbocycles. The average molecular weight is 273 g/mol. The number of nitrogens with one attached hydrogen (secondary N) is 1. The Hall–Kier alpha value is -2.30. The summed E-state index contributed by atoms with van der Waals surface area (Å²) in [4.78, 5) is 22.5. The predicted octanol–water partition coefficient (Wildman–Crippen LogP) is 1.61. The molecule has 0 bridgehead atoms. The van der Waals surface area contributed by atoms with Gasteiger partial charge in [-0.25, -0.2) is 0 Å². The summed E-state index contributed by atoms with van der Waals surface area (Å²) in [5.74, 6) is -0.274. The minimum absolute atomic E-state index is 0.0386. The van der Waals surface area contributed by atoms with E-state index < -0.39 is 0 Å². The maximum atomic E-state index is 11.9. The number of para-hydroxylation sites is 1. The molecule has 0 atom stereocenters. The van der Waals surface area contributed by atoms with Crippen molar-refractivity contribution in [3.05, 3.63) is 40.7 Å². The van der Waals surface area contributed by atoms with Crippen LogP contribution in [0.5, 0.6) is 0 Å². The van der Waals surface area contributed by atoms with Crippen LogP contribution in [0.4, 0.5) is 5.69 Å². The quantitative estimate of drug-likeness (QED) is 0.785. The first-order valence-corrected chi connectivity index (χ1v) is 6.70. The van der Waals surface area contributed by atoms with Crippen LogP contribution in [-0.4, -0.2) is 17.0 Å². The molecule has 0 saturated heterocycles. The number of amides is 1. The van der Waals surface area contributed by atoms with Gasteiger partial charge in [0.25, 0.3) is 5.56 Å². The number of rotatable bonds is 6.